The molecule has 0 bridgehead atoms. The van der Waals surface area contributed by atoms with Crippen molar-refractivity contribution in [2.24, 2.45) is 0 Å². The molecule has 1 amide bonds. The molecule has 0 unspecified atom stereocenters. The van der Waals surface area contributed by atoms with Crippen molar-refractivity contribution in [2.75, 3.05) is 18.1 Å². The molecule has 3 aromatic carbocycles. The Balaban J connectivity index is 1.52. The summed E-state index contributed by atoms with van der Waals surface area (Å²) in [6.07, 6.45) is 0.416. The number of aromatic nitrogens is 2. The van der Waals surface area contributed by atoms with Crippen molar-refractivity contribution in [2.45, 2.75) is 25.8 Å². The molecule has 2 heterocycles. The molecule has 1 aliphatic heterocycles. The Labute approximate surface area is 192 Å². The van der Waals surface area contributed by atoms with Crippen LogP contribution in [0.4, 0.5) is 5.69 Å². The first-order chi connectivity index (χ1) is 15.6. The number of ether oxygens (including phenoxy) is 1. The maximum atomic E-state index is 13.1. The van der Waals surface area contributed by atoms with Gasteiger partial charge in [0.1, 0.15) is 11.6 Å². The van der Waals surface area contributed by atoms with Crippen LogP contribution in [0, 0.1) is 0 Å². The van der Waals surface area contributed by atoms with Crippen LogP contribution in [-0.2, 0) is 11.3 Å². The third-order valence-electron chi connectivity index (χ3n) is 5.86. The van der Waals surface area contributed by atoms with Crippen molar-refractivity contribution in [3.8, 4) is 5.75 Å². The van der Waals surface area contributed by atoms with E-state index in [4.69, 9.17) is 21.3 Å². The Morgan fingerprint density at radius 1 is 1.06 bits per heavy atom. The number of amides is 1. The van der Waals surface area contributed by atoms with Gasteiger partial charge in [0.2, 0.25) is 5.91 Å². The molecule has 0 spiro atoms. The molecule has 0 aliphatic carbocycles. The fourth-order valence-corrected chi connectivity index (χ4v) is 4.67. The summed E-state index contributed by atoms with van der Waals surface area (Å²) in [6, 6.07) is 23.7. The molecule has 1 saturated heterocycles. The van der Waals surface area contributed by atoms with Gasteiger partial charge in [-0.3, -0.25) is 4.79 Å². The van der Waals surface area contributed by atoms with Crippen LogP contribution < -0.4 is 9.64 Å². The van der Waals surface area contributed by atoms with Crippen LogP contribution in [0.1, 0.15) is 30.7 Å². The summed E-state index contributed by atoms with van der Waals surface area (Å²) < 4.78 is 7.99. The quantitative estimate of drug-likeness (QED) is 0.385. The van der Waals surface area contributed by atoms with E-state index < -0.39 is 0 Å². The number of halogens is 1. The highest BCUT2D eigenvalue weighted by molar-refractivity contribution is 6.30. The minimum atomic E-state index is -0.0104. The number of anilines is 1. The number of hydrogen-bond acceptors (Lipinski definition) is 3. The SMILES string of the molecule is CCOc1ccccc1N1C[C@H](c2nc3ccccc3n2Cc2cccc(Cl)c2)CC1=O. The van der Waals surface area contributed by atoms with Crippen molar-refractivity contribution in [3.05, 3.63) is 89.2 Å². The monoisotopic (exact) mass is 445 g/mol. The van der Waals surface area contributed by atoms with Gasteiger partial charge in [0.25, 0.3) is 0 Å². The van der Waals surface area contributed by atoms with E-state index in [-0.39, 0.29) is 11.8 Å². The molecule has 4 aromatic rings. The van der Waals surface area contributed by atoms with Gasteiger partial charge in [0.05, 0.1) is 23.3 Å². The van der Waals surface area contributed by atoms with Crippen molar-refractivity contribution in [3.63, 3.8) is 0 Å². The summed E-state index contributed by atoms with van der Waals surface area (Å²) in [5.41, 5.74) is 3.91. The minimum Gasteiger partial charge on any atom is -0.492 e. The maximum absolute atomic E-state index is 13.1. The molecule has 0 radical (unpaired) electrons. The smallest absolute Gasteiger partial charge is 0.227 e. The minimum absolute atomic E-state index is 0.0104. The third-order valence-corrected chi connectivity index (χ3v) is 6.09. The summed E-state index contributed by atoms with van der Waals surface area (Å²) in [5.74, 6) is 1.74. The number of rotatable bonds is 6. The molecule has 32 heavy (non-hydrogen) atoms. The molecule has 5 nitrogen and oxygen atoms in total. The lowest BCUT2D eigenvalue weighted by Crippen LogP contribution is -2.25. The first kappa shape index (κ1) is 20.6. The molecule has 0 N–H and O–H groups in total. The van der Waals surface area contributed by atoms with Crippen LogP contribution in [0.25, 0.3) is 11.0 Å². The van der Waals surface area contributed by atoms with Crippen LogP contribution >= 0.6 is 11.6 Å². The van der Waals surface area contributed by atoms with Crippen molar-refractivity contribution < 1.29 is 9.53 Å². The van der Waals surface area contributed by atoms with Crippen LogP contribution in [0.2, 0.25) is 5.02 Å². The average molecular weight is 446 g/mol. The first-order valence-electron chi connectivity index (χ1n) is 10.9. The second-order valence-electron chi connectivity index (χ2n) is 7.98. The predicted octanol–water partition coefficient (Wildman–Crippen LogP) is 5.66. The number of hydrogen-bond donors (Lipinski definition) is 0. The summed E-state index contributed by atoms with van der Waals surface area (Å²) in [6.45, 7) is 3.72. The van der Waals surface area contributed by atoms with E-state index >= 15 is 0 Å². The molecular weight excluding hydrogens is 422 g/mol. The largest absolute Gasteiger partial charge is 0.492 e. The van der Waals surface area contributed by atoms with Crippen LogP contribution in [0.15, 0.2) is 72.8 Å². The zero-order valence-corrected chi connectivity index (χ0v) is 18.6. The number of benzene rings is 3. The lowest BCUT2D eigenvalue weighted by atomic mass is 10.1. The third kappa shape index (κ3) is 3.84. The molecule has 0 saturated carbocycles. The lowest BCUT2D eigenvalue weighted by molar-refractivity contribution is -0.117. The Bertz CT molecular complexity index is 1280. The summed E-state index contributed by atoms with van der Waals surface area (Å²) in [7, 11) is 0. The topological polar surface area (TPSA) is 47.4 Å². The van der Waals surface area contributed by atoms with E-state index in [2.05, 4.69) is 16.7 Å². The fourth-order valence-electron chi connectivity index (χ4n) is 4.46. The average Bonchev–Trinajstić information content (AvgIpc) is 3.35. The van der Waals surface area contributed by atoms with Gasteiger partial charge < -0.3 is 14.2 Å². The number of imidazole rings is 1. The molecule has 1 atom stereocenters. The highest BCUT2D eigenvalue weighted by Crippen LogP contribution is 2.37. The zero-order valence-electron chi connectivity index (χ0n) is 17.9. The van der Waals surface area contributed by atoms with Crippen molar-refractivity contribution in [1.82, 2.24) is 9.55 Å². The van der Waals surface area contributed by atoms with Crippen LogP contribution in [0.5, 0.6) is 5.75 Å². The lowest BCUT2D eigenvalue weighted by Gasteiger charge is -2.20. The summed E-state index contributed by atoms with van der Waals surface area (Å²) in [5, 5.41) is 0.711. The van der Waals surface area contributed by atoms with E-state index in [9.17, 15) is 4.79 Å². The second kappa shape index (κ2) is 8.67. The summed E-state index contributed by atoms with van der Waals surface area (Å²) in [4.78, 5) is 19.8. The Morgan fingerprint density at radius 2 is 1.88 bits per heavy atom. The molecule has 1 fully saturated rings. The normalized spacial score (nSPS) is 16.1. The molecule has 1 aromatic heterocycles. The number of carbonyl (C=O) groups is 1. The van der Waals surface area contributed by atoms with Gasteiger partial charge in [-0.15, -0.1) is 0 Å². The first-order valence-corrected chi connectivity index (χ1v) is 11.2. The molecule has 6 heteroatoms. The van der Waals surface area contributed by atoms with Crippen molar-refractivity contribution >= 4 is 34.2 Å². The zero-order chi connectivity index (χ0) is 22.1. The van der Waals surface area contributed by atoms with E-state index in [0.29, 0.717) is 31.1 Å². The van der Waals surface area contributed by atoms with E-state index in [1.165, 1.54) is 0 Å². The van der Waals surface area contributed by atoms with Gasteiger partial charge in [-0.2, -0.15) is 0 Å². The molecule has 1 aliphatic rings. The summed E-state index contributed by atoms with van der Waals surface area (Å²) >= 11 is 6.23. The number of fused-ring (bicyclic) bond motifs is 1. The standard InChI is InChI=1S/C26H24ClN3O2/c1-2-32-24-13-6-5-12-23(24)29-17-19(15-25(29)31)26-28-21-10-3-4-11-22(21)30(26)16-18-8-7-9-20(27)14-18/h3-14,19H,2,15-17H2,1H3/t19-/m1/s1. The van der Waals surface area contributed by atoms with Crippen LogP contribution in [-0.4, -0.2) is 28.6 Å². The fraction of sp³-hybridized carbons (Fsp3) is 0.231. The molecule has 5 rings (SSSR count). The molecule has 162 valence electrons. The Hall–Kier alpha value is -3.31. The maximum Gasteiger partial charge on any atom is 0.227 e. The highest BCUT2D eigenvalue weighted by atomic mass is 35.5. The number of carbonyl (C=O) groups excluding carboxylic acids is 1. The van der Waals surface area contributed by atoms with Gasteiger partial charge >= 0.3 is 0 Å². The van der Waals surface area contributed by atoms with E-state index in [1.54, 1.807) is 0 Å². The van der Waals surface area contributed by atoms with Gasteiger partial charge in [-0.05, 0) is 48.9 Å². The Morgan fingerprint density at radius 3 is 2.72 bits per heavy atom. The van der Waals surface area contributed by atoms with E-state index in [1.807, 2.05) is 72.5 Å². The molecular formula is C26H24ClN3O2. The van der Waals surface area contributed by atoms with Gasteiger partial charge in [-0.1, -0.05) is 48.0 Å². The van der Waals surface area contributed by atoms with E-state index in [0.717, 1.165) is 33.9 Å². The number of nitrogens with zero attached hydrogens (tertiary/aromatic N) is 3. The van der Waals surface area contributed by atoms with Gasteiger partial charge in [0, 0.05) is 30.5 Å². The number of para-hydroxylation sites is 4. The second-order valence-corrected chi connectivity index (χ2v) is 8.42. The Kier molecular flexibility index (Phi) is 5.58. The van der Waals surface area contributed by atoms with Gasteiger partial charge in [0.15, 0.2) is 0 Å². The predicted molar refractivity (Wildman–Crippen MR) is 128 cm³/mol. The van der Waals surface area contributed by atoms with Gasteiger partial charge in [-0.25, -0.2) is 4.98 Å². The van der Waals surface area contributed by atoms with Crippen LogP contribution in [0.3, 0.4) is 0 Å². The van der Waals surface area contributed by atoms with Crippen molar-refractivity contribution in [1.29, 1.82) is 0 Å². The highest BCUT2D eigenvalue weighted by Gasteiger charge is 2.36.